The number of halogens is 2. The van der Waals surface area contributed by atoms with E-state index in [-0.39, 0.29) is 11.3 Å². The number of para-hydroxylation sites is 1. The van der Waals surface area contributed by atoms with Gasteiger partial charge in [-0.2, -0.15) is 0 Å². The number of aryl methyl sites for hydroxylation is 1. The van der Waals surface area contributed by atoms with Crippen molar-refractivity contribution in [2.24, 2.45) is 0 Å². The van der Waals surface area contributed by atoms with Gasteiger partial charge >= 0.3 is 0 Å². The highest BCUT2D eigenvalue weighted by Crippen LogP contribution is 2.32. The predicted molar refractivity (Wildman–Crippen MR) is 68.1 cm³/mol. The minimum atomic E-state index is -0.601. The molecule has 0 heterocycles. The van der Waals surface area contributed by atoms with E-state index in [2.05, 4.69) is 0 Å². The molecule has 92 valence electrons. The Balaban J connectivity index is 2.42. The molecule has 0 aliphatic rings. The summed E-state index contributed by atoms with van der Waals surface area (Å²) in [4.78, 5) is 10.8. The Morgan fingerprint density at radius 3 is 2.72 bits per heavy atom. The van der Waals surface area contributed by atoms with Gasteiger partial charge in [0.2, 0.25) is 0 Å². The van der Waals surface area contributed by atoms with Gasteiger partial charge in [-0.25, -0.2) is 4.39 Å². The van der Waals surface area contributed by atoms with Crippen molar-refractivity contribution in [3.8, 4) is 11.5 Å². The number of benzene rings is 2. The maximum Gasteiger partial charge on any atom is 0.173 e. The van der Waals surface area contributed by atoms with Gasteiger partial charge in [0, 0.05) is 0 Å². The zero-order valence-corrected chi connectivity index (χ0v) is 10.4. The van der Waals surface area contributed by atoms with Crippen molar-refractivity contribution in [1.82, 2.24) is 0 Å². The Morgan fingerprint density at radius 2 is 2.06 bits per heavy atom. The molecule has 0 fully saturated rings. The predicted octanol–water partition coefficient (Wildman–Crippen LogP) is 4.39. The Labute approximate surface area is 109 Å². The topological polar surface area (TPSA) is 26.3 Å². The van der Waals surface area contributed by atoms with Gasteiger partial charge in [0.15, 0.2) is 17.9 Å². The molecule has 0 unspecified atom stereocenters. The van der Waals surface area contributed by atoms with Crippen molar-refractivity contribution < 1.29 is 13.9 Å². The van der Waals surface area contributed by atoms with Crippen molar-refractivity contribution in [1.29, 1.82) is 0 Å². The lowest BCUT2D eigenvalue weighted by Crippen LogP contribution is -1.94. The lowest BCUT2D eigenvalue weighted by atomic mass is 10.2. The second-order valence-electron chi connectivity index (χ2n) is 3.81. The van der Waals surface area contributed by atoms with Crippen LogP contribution in [0.25, 0.3) is 0 Å². The van der Waals surface area contributed by atoms with E-state index in [9.17, 15) is 9.18 Å². The Hall–Kier alpha value is -1.87. The molecule has 0 aliphatic carbocycles. The van der Waals surface area contributed by atoms with E-state index in [0.29, 0.717) is 17.1 Å². The monoisotopic (exact) mass is 264 g/mol. The molecule has 0 N–H and O–H groups in total. The normalized spacial score (nSPS) is 10.2. The number of ether oxygens (including phenoxy) is 1. The Morgan fingerprint density at radius 1 is 1.28 bits per heavy atom. The van der Waals surface area contributed by atoms with Crippen LogP contribution in [0.5, 0.6) is 11.5 Å². The molecule has 4 heteroatoms. The molecule has 0 bridgehead atoms. The largest absolute Gasteiger partial charge is 0.452 e. The van der Waals surface area contributed by atoms with Crippen LogP contribution in [0.2, 0.25) is 5.02 Å². The third kappa shape index (κ3) is 2.51. The fraction of sp³-hybridized carbons (Fsp3) is 0.0714. The van der Waals surface area contributed by atoms with E-state index in [4.69, 9.17) is 16.3 Å². The van der Waals surface area contributed by atoms with E-state index in [1.807, 2.05) is 6.92 Å². The van der Waals surface area contributed by atoms with Crippen molar-refractivity contribution >= 4 is 17.9 Å². The average Bonchev–Trinajstić information content (AvgIpc) is 2.34. The van der Waals surface area contributed by atoms with Crippen molar-refractivity contribution in [2.75, 3.05) is 0 Å². The van der Waals surface area contributed by atoms with Crippen molar-refractivity contribution in [3.63, 3.8) is 0 Å². The first-order valence-electron chi connectivity index (χ1n) is 5.29. The summed E-state index contributed by atoms with van der Waals surface area (Å²) in [6.07, 6.45) is 0.542. The van der Waals surface area contributed by atoms with Gasteiger partial charge < -0.3 is 4.74 Å². The highest BCUT2D eigenvalue weighted by atomic mass is 35.5. The molecule has 0 aromatic heterocycles. The van der Waals surface area contributed by atoms with Gasteiger partial charge in [0.1, 0.15) is 5.75 Å². The third-order valence-corrected chi connectivity index (χ3v) is 2.72. The first-order valence-corrected chi connectivity index (χ1v) is 5.67. The summed E-state index contributed by atoms with van der Waals surface area (Å²) in [6, 6.07) is 9.29. The molecule has 0 saturated carbocycles. The quantitative estimate of drug-likeness (QED) is 0.769. The van der Waals surface area contributed by atoms with Gasteiger partial charge in [-0.3, -0.25) is 4.79 Å². The summed E-state index contributed by atoms with van der Waals surface area (Å²) in [5.41, 5.74) is 1.11. The van der Waals surface area contributed by atoms with Crippen LogP contribution >= 0.6 is 11.6 Å². The fourth-order valence-electron chi connectivity index (χ4n) is 1.52. The molecule has 0 atom stereocenters. The van der Waals surface area contributed by atoms with E-state index in [0.717, 1.165) is 5.56 Å². The molecule has 0 spiro atoms. The van der Waals surface area contributed by atoms with Gasteiger partial charge in [0.05, 0.1) is 10.6 Å². The van der Waals surface area contributed by atoms with Crippen molar-refractivity contribution in [3.05, 3.63) is 58.4 Å². The molecular weight excluding hydrogens is 255 g/mol. The summed E-state index contributed by atoms with van der Waals surface area (Å²) in [5.74, 6) is -0.398. The third-order valence-electron chi connectivity index (χ3n) is 2.42. The number of rotatable bonds is 3. The lowest BCUT2D eigenvalue weighted by molar-refractivity contribution is 0.112. The van der Waals surface area contributed by atoms with Crippen LogP contribution in [0.15, 0.2) is 36.4 Å². The minimum absolute atomic E-state index is 0.113. The van der Waals surface area contributed by atoms with E-state index in [1.165, 1.54) is 18.2 Å². The molecule has 18 heavy (non-hydrogen) atoms. The summed E-state index contributed by atoms with van der Waals surface area (Å²) < 4.78 is 19.0. The molecule has 2 aromatic carbocycles. The minimum Gasteiger partial charge on any atom is -0.452 e. The molecule has 2 rings (SSSR count). The first kappa shape index (κ1) is 12.6. The molecule has 2 aromatic rings. The smallest absolute Gasteiger partial charge is 0.173 e. The van der Waals surface area contributed by atoms with Crippen LogP contribution in [-0.4, -0.2) is 6.29 Å². The number of hydrogen-bond donors (Lipinski definition) is 0. The fourth-order valence-corrected chi connectivity index (χ4v) is 1.80. The van der Waals surface area contributed by atoms with Gasteiger partial charge in [-0.05, 0) is 36.8 Å². The highest BCUT2D eigenvalue weighted by Gasteiger charge is 2.12. The van der Waals surface area contributed by atoms with E-state index in [1.54, 1.807) is 18.2 Å². The Bertz CT molecular complexity index is 596. The van der Waals surface area contributed by atoms with E-state index >= 15 is 0 Å². The number of carbonyl (C=O) groups is 1. The summed E-state index contributed by atoms with van der Waals surface area (Å²) in [6.45, 7) is 1.88. The maximum absolute atomic E-state index is 13.6. The van der Waals surface area contributed by atoms with Crippen molar-refractivity contribution in [2.45, 2.75) is 6.92 Å². The SMILES string of the molecule is Cc1ccc(Oc2c(F)cccc2C=O)c(Cl)c1. The summed E-state index contributed by atoms with van der Waals surface area (Å²) in [7, 11) is 0. The standard InChI is InChI=1S/C14H10ClFO2/c1-9-5-6-13(11(15)7-9)18-14-10(8-17)3-2-4-12(14)16/h2-8H,1H3. The molecule has 0 amide bonds. The number of carbonyl (C=O) groups excluding carboxylic acids is 1. The van der Waals surface area contributed by atoms with Gasteiger partial charge in [0.25, 0.3) is 0 Å². The second-order valence-corrected chi connectivity index (χ2v) is 4.22. The second kappa shape index (κ2) is 5.19. The highest BCUT2D eigenvalue weighted by molar-refractivity contribution is 6.32. The van der Waals surface area contributed by atoms with E-state index < -0.39 is 5.82 Å². The lowest BCUT2D eigenvalue weighted by Gasteiger charge is -2.10. The summed E-state index contributed by atoms with van der Waals surface area (Å²) in [5, 5.41) is 0.370. The zero-order valence-electron chi connectivity index (χ0n) is 9.61. The number of aldehydes is 1. The average molecular weight is 265 g/mol. The first-order chi connectivity index (χ1) is 8.61. The van der Waals surface area contributed by atoms with Crippen LogP contribution < -0.4 is 4.74 Å². The molecule has 2 nitrogen and oxygen atoms in total. The Kier molecular flexibility index (Phi) is 3.63. The van der Waals surface area contributed by atoms with Gasteiger partial charge in [-0.15, -0.1) is 0 Å². The molecule has 0 aliphatic heterocycles. The zero-order chi connectivity index (χ0) is 13.1. The number of hydrogen-bond acceptors (Lipinski definition) is 2. The molecular formula is C14H10ClFO2. The van der Waals surface area contributed by atoms with Crippen LogP contribution in [0.4, 0.5) is 4.39 Å². The summed E-state index contributed by atoms with van der Waals surface area (Å²) >= 11 is 5.99. The van der Waals surface area contributed by atoms with Crippen LogP contribution in [-0.2, 0) is 0 Å². The maximum atomic E-state index is 13.6. The van der Waals surface area contributed by atoms with Crippen LogP contribution in [0, 0.1) is 12.7 Å². The molecule has 0 saturated heterocycles. The van der Waals surface area contributed by atoms with Crippen LogP contribution in [0.3, 0.4) is 0 Å². The van der Waals surface area contributed by atoms with Crippen LogP contribution in [0.1, 0.15) is 15.9 Å². The molecule has 0 radical (unpaired) electrons. The van der Waals surface area contributed by atoms with Gasteiger partial charge in [-0.1, -0.05) is 23.7 Å².